The van der Waals surface area contributed by atoms with Crippen molar-refractivity contribution in [3.05, 3.63) is 35.5 Å². The topological polar surface area (TPSA) is 60.8 Å². The molecule has 28 heavy (non-hydrogen) atoms. The first-order chi connectivity index (χ1) is 13.2. The van der Waals surface area contributed by atoms with Gasteiger partial charge in [-0.05, 0) is 70.2 Å². The summed E-state index contributed by atoms with van der Waals surface area (Å²) in [4.78, 5) is 26.2. The molecular formula is C22H30N2O4. The van der Waals surface area contributed by atoms with Crippen molar-refractivity contribution in [2.24, 2.45) is 7.05 Å². The molecule has 6 heteroatoms. The molecule has 0 bridgehead atoms. The van der Waals surface area contributed by atoms with Crippen molar-refractivity contribution in [3.63, 3.8) is 0 Å². The summed E-state index contributed by atoms with van der Waals surface area (Å²) in [5.41, 5.74) is 2.35. The lowest BCUT2D eigenvalue weighted by Crippen LogP contribution is -2.41. The number of carbonyl (C=O) groups is 2. The third-order valence-corrected chi connectivity index (χ3v) is 5.17. The minimum absolute atomic E-state index is 0.233. The van der Waals surface area contributed by atoms with Gasteiger partial charge in [-0.2, -0.15) is 0 Å². The third kappa shape index (κ3) is 4.32. The summed E-state index contributed by atoms with van der Waals surface area (Å²) in [5, 5.41) is 1.04. The van der Waals surface area contributed by atoms with Crippen molar-refractivity contribution >= 4 is 23.0 Å². The van der Waals surface area contributed by atoms with Gasteiger partial charge in [0.2, 0.25) is 0 Å². The summed E-state index contributed by atoms with van der Waals surface area (Å²) in [6.45, 7) is 9.22. The van der Waals surface area contributed by atoms with E-state index in [0.29, 0.717) is 31.3 Å². The smallest absolute Gasteiger partial charge is 0.410 e. The van der Waals surface area contributed by atoms with Gasteiger partial charge in [-0.15, -0.1) is 0 Å². The first-order valence-corrected chi connectivity index (χ1v) is 9.94. The minimum Gasteiger partial charge on any atom is -0.461 e. The average molecular weight is 386 g/mol. The number of rotatable bonds is 3. The Labute approximate surface area is 166 Å². The third-order valence-electron chi connectivity index (χ3n) is 5.17. The van der Waals surface area contributed by atoms with Crippen molar-refractivity contribution in [2.75, 3.05) is 19.7 Å². The normalized spacial score (nSPS) is 15.7. The number of aromatic nitrogens is 1. The van der Waals surface area contributed by atoms with Gasteiger partial charge in [0.05, 0.1) is 6.61 Å². The van der Waals surface area contributed by atoms with E-state index >= 15 is 0 Å². The molecule has 0 aliphatic carbocycles. The van der Waals surface area contributed by atoms with Gasteiger partial charge in [-0.1, -0.05) is 6.07 Å². The molecule has 2 heterocycles. The Morgan fingerprint density at radius 2 is 1.82 bits per heavy atom. The number of amides is 1. The van der Waals surface area contributed by atoms with Crippen LogP contribution in [-0.2, 0) is 16.5 Å². The Kier molecular flexibility index (Phi) is 5.68. The standard InChI is InChI=1S/C22H30N2O4/c1-6-27-20(25)19-14-17-13-16(7-8-18(17)23(19)5)15-9-11-24(12-10-15)21(26)28-22(2,3)4/h7-8,13-15H,6,9-12H2,1-5H3. The van der Waals surface area contributed by atoms with Crippen molar-refractivity contribution in [3.8, 4) is 0 Å². The number of benzene rings is 1. The van der Waals surface area contributed by atoms with Crippen molar-refractivity contribution in [2.45, 2.75) is 52.1 Å². The largest absolute Gasteiger partial charge is 0.461 e. The molecular weight excluding hydrogens is 356 g/mol. The van der Waals surface area contributed by atoms with Crippen LogP contribution in [0.2, 0.25) is 0 Å². The second-order valence-electron chi connectivity index (χ2n) is 8.37. The highest BCUT2D eigenvalue weighted by Crippen LogP contribution is 2.31. The van der Waals surface area contributed by atoms with E-state index in [1.807, 2.05) is 45.4 Å². The molecule has 1 aliphatic heterocycles. The number of carbonyl (C=O) groups excluding carboxylic acids is 2. The minimum atomic E-state index is -0.469. The molecule has 152 valence electrons. The first-order valence-electron chi connectivity index (χ1n) is 9.94. The fourth-order valence-electron chi connectivity index (χ4n) is 3.74. The van der Waals surface area contributed by atoms with Crippen LogP contribution in [0.5, 0.6) is 0 Å². The van der Waals surface area contributed by atoms with Gasteiger partial charge in [0.1, 0.15) is 11.3 Å². The maximum absolute atomic E-state index is 12.2. The molecule has 0 N–H and O–H groups in total. The van der Waals surface area contributed by atoms with E-state index in [0.717, 1.165) is 23.7 Å². The number of hydrogen-bond acceptors (Lipinski definition) is 4. The number of piperidine rings is 1. The van der Waals surface area contributed by atoms with Crippen LogP contribution in [0.15, 0.2) is 24.3 Å². The summed E-state index contributed by atoms with van der Waals surface area (Å²) in [7, 11) is 1.88. The zero-order valence-corrected chi connectivity index (χ0v) is 17.4. The molecule has 1 aliphatic rings. The van der Waals surface area contributed by atoms with Gasteiger partial charge in [0, 0.05) is 31.0 Å². The number of fused-ring (bicyclic) bond motifs is 1. The maximum Gasteiger partial charge on any atom is 0.410 e. The Morgan fingerprint density at radius 3 is 2.43 bits per heavy atom. The number of aryl methyl sites for hydroxylation is 1. The lowest BCUT2D eigenvalue weighted by molar-refractivity contribution is 0.0204. The van der Waals surface area contributed by atoms with Crippen LogP contribution in [0, 0.1) is 0 Å². The molecule has 1 aromatic heterocycles. The number of nitrogens with zero attached hydrogens (tertiary/aromatic N) is 2. The van der Waals surface area contributed by atoms with Crippen molar-refractivity contribution in [1.82, 2.24) is 9.47 Å². The lowest BCUT2D eigenvalue weighted by atomic mass is 9.89. The van der Waals surface area contributed by atoms with Gasteiger partial charge < -0.3 is 18.9 Å². The second kappa shape index (κ2) is 7.86. The fourth-order valence-corrected chi connectivity index (χ4v) is 3.74. The molecule has 2 aromatic rings. The highest BCUT2D eigenvalue weighted by Gasteiger charge is 2.27. The molecule has 0 atom stereocenters. The van der Waals surface area contributed by atoms with E-state index in [2.05, 4.69) is 18.2 Å². The molecule has 0 saturated carbocycles. The molecule has 1 amide bonds. The van der Waals surface area contributed by atoms with Crippen LogP contribution < -0.4 is 0 Å². The summed E-state index contributed by atoms with van der Waals surface area (Å²) in [6.07, 6.45) is 1.58. The fraction of sp³-hybridized carbons (Fsp3) is 0.545. The van der Waals surface area contributed by atoms with Crippen LogP contribution in [0.1, 0.15) is 62.5 Å². The Morgan fingerprint density at radius 1 is 1.14 bits per heavy atom. The van der Waals surface area contributed by atoms with Gasteiger partial charge >= 0.3 is 12.1 Å². The monoisotopic (exact) mass is 386 g/mol. The summed E-state index contributed by atoms with van der Waals surface area (Å²) < 4.78 is 12.5. The van der Waals surface area contributed by atoms with Crippen LogP contribution in [-0.4, -0.2) is 46.8 Å². The number of likely N-dealkylation sites (tertiary alicyclic amines) is 1. The first kappa shape index (κ1) is 20.2. The van der Waals surface area contributed by atoms with Crippen LogP contribution >= 0.6 is 0 Å². The number of esters is 1. The van der Waals surface area contributed by atoms with Gasteiger partial charge in [-0.3, -0.25) is 0 Å². The highest BCUT2D eigenvalue weighted by atomic mass is 16.6. The average Bonchev–Trinajstić information content (AvgIpc) is 2.97. The zero-order chi connectivity index (χ0) is 20.5. The maximum atomic E-state index is 12.2. The summed E-state index contributed by atoms with van der Waals surface area (Å²) in [5.74, 6) is 0.0998. The van der Waals surface area contributed by atoms with E-state index in [1.165, 1.54) is 5.56 Å². The predicted octanol–water partition coefficient (Wildman–Crippen LogP) is 4.47. The van der Waals surface area contributed by atoms with Crippen LogP contribution in [0.4, 0.5) is 4.79 Å². The Hall–Kier alpha value is -2.50. The highest BCUT2D eigenvalue weighted by molar-refractivity contribution is 5.95. The van der Waals surface area contributed by atoms with Crippen LogP contribution in [0.25, 0.3) is 10.9 Å². The van der Waals surface area contributed by atoms with E-state index in [4.69, 9.17) is 9.47 Å². The van der Waals surface area contributed by atoms with Crippen molar-refractivity contribution < 1.29 is 19.1 Å². The zero-order valence-electron chi connectivity index (χ0n) is 17.4. The van der Waals surface area contributed by atoms with Crippen LogP contribution in [0.3, 0.4) is 0 Å². The molecule has 1 saturated heterocycles. The number of hydrogen-bond donors (Lipinski definition) is 0. The van der Waals surface area contributed by atoms with E-state index in [1.54, 1.807) is 4.90 Å². The lowest BCUT2D eigenvalue weighted by Gasteiger charge is -2.33. The predicted molar refractivity (Wildman–Crippen MR) is 109 cm³/mol. The molecule has 0 spiro atoms. The SMILES string of the molecule is CCOC(=O)c1cc2cc(C3CCN(C(=O)OC(C)(C)C)CC3)ccc2n1C. The van der Waals surface area contributed by atoms with Crippen molar-refractivity contribution in [1.29, 1.82) is 0 Å². The molecule has 0 unspecified atom stereocenters. The molecule has 1 fully saturated rings. The molecule has 6 nitrogen and oxygen atoms in total. The molecule has 1 aromatic carbocycles. The summed E-state index contributed by atoms with van der Waals surface area (Å²) >= 11 is 0. The van der Waals surface area contributed by atoms with E-state index in [-0.39, 0.29) is 12.1 Å². The van der Waals surface area contributed by atoms with Gasteiger partial charge in [0.25, 0.3) is 0 Å². The Bertz CT molecular complexity index is 871. The summed E-state index contributed by atoms with van der Waals surface area (Å²) in [6, 6.07) is 8.25. The second-order valence-corrected chi connectivity index (χ2v) is 8.37. The number of ether oxygens (including phenoxy) is 2. The van der Waals surface area contributed by atoms with E-state index < -0.39 is 5.60 Å². The van der Waals surface area contributed by atoms with E-state index in [9.17, 15) is 9.59 Å². The van der Waals surface area contributed by atoms with Gasteiger partial charge in [-0.25, -0.2) is 9.59 Å². The molecule has 0 radical (unpaired) electrons. The quantitative estimate of drug-likeness (QED) is 0.730. The molecule has 3 rings (SSSR count). The van der Waals surface area contributed by atoms with Gasteiger partial charge in [0.15, 0.2) is 0 Å². The Balaban J connectivity index is 1.71.